The maximum absolute atomic E-state index is 14.2. The van der Waals surface area contributed by atoms with E-state index in [9.17, 15) is 13.8 Å². The molecular formula is C38H50ClN3O5S. The van der Waals surface area contributed by atoms with Crippen LogP contribution in [0.3, 0.4) is 0 Å². The van der Waals surface area contributed by atoms with Gasteiger partial charge in [-0.15, -0.1) is 0 Å². The summed E-state index contributed by atoms with van der Waals surface area (Å²) in [4.78, 5) is 32.4. The second-order valence-electron chi connectivity index (χ2n) is 15.1. The minimum atomic E-state index is -2.94. The zero-order valence-electron chi connectivity index (χ0n) is 28.4. The highest BCUT2D eigenvalue weighted by Crippen LogP contribution is 2.48. The highest BCUT2D eigenvalue weighted by molar-refractivity contribution is 7.99. The fourth-order valence-electron chi connectivity index (χ4n) is 9.01. The van der Waals surface area contributed by atoms with Crippen molar-refractivity contribution in [1.82, 2.24) is 9.62 Å². The van der Waals surface area contributed by atoms with Crippen LogP contribution in [0.5, 0.6) is 5.75 Å². The molecule has 10 heteroatoms. The molecule has 0 radical (unpaired) electrons. The third kappa shape index (κ3) is 6.47. The molecule has 5 aliphatic rings. The predicted molar refractivity (Wildman–Crippen MR) is 193 cm³/mol. The van der Waals surface area contributed by atoms with E-state index in [0.29, 0.717) is 44.4 Å². The van der Waals surface area contributed by atoms with Gasteiger partial charge < -0.3 is 19.3 Å². The third-order valence-electron chi connectivity index (χ3n) is 12.2. The fraction of sp³-hybridized carbons (Fsp3) is 0.605. The molecule has 2 aromatic rings. The highest BCUT2D eigenvalue weighted by atomic mass is 35.5. The molecule has 3 aliphatic heterocycles. The van der Waals surface area contributed by atoms with Gasteiger partial charge in [0.05, 0.1) is 35.2 Å². The monoisotopic (exact) mass is 695 g/mol. The minimum Gasteiger partial charge on any atom is -0.490 e. The quantitative estimate of drug-likeness (QED) is 0.375. The number of benzene rings is 2. The standard InChI is InChI=1S/C38H50ClN3O5S/c1-25-6-4-8-32(37(44)41-16-18-46-19-17-41)31-12-9-29(31)22-42-23-38(15-5-7-27-20-30(39)11-13-33(27)38)24-47-35-14-10-28(21-34(35)42)36(43)40-48(3,45)26(25)2/h10-11,13-14,20-21,25-26,29,31-32H,3-9,12,15-19,22-24H2,1-2H3,(H,40,43,45)/t25-,26+,29-,31+,32-,38-,48?/m0/s1. The van der Waals surface area contributed by atoms with Gasteiger partial charge in [-0.2, -0.15) is 0 Å². The summed E-state index contributed by atoms with van der Waals surface area (Å²) in [5, 5.41) is 0.433. The van der Waals surface area contributed by atoms with Gasteiger partial charge in [0.25, 0.3) is 5.91 Å². The number of amides is 2. The summed E-state index contributed by atoms with van der Waals surface area (Å²) in [6, 6.07) is 11.9. The Balaban J connectivity index is 1.29. The topological polar surface area (TPSA) is 88.2 Å². The smallest absolute Gasteiger partial charge is 0.262 e. The number of hydrogen-bond donors (Lipinski definition) is 1. The van der Waals surface area contributed by atoms with E-state index in [0.717, 1.165) is 80.9 Å². The Morgan fingerprint density at radius 2 is 1.88 bits per heavy atom. The molecule has 260 valence electrons. The molecule has 2 aliphatic carbocycles. The van der Waals surface area contributed by atoms with Crippen molar-refractivity contribution in [3.8, 4) is 5.75 Å². The Labute approximate surface area is 291 Å². The average molecular weight is 696 g/mol. The van der Waals surface area contributed by atoms with Crippen molar-refractivity contribution in [2.24, 2.45) is 23.7 Å². The van der Waals surface area contributed by atoms with Crippen LogP contribution in [0.15, 0.2) is 36.4 Å². The van der Waals surface area contributed by atoms with Gasteiger partial charge in [-0.1, -0.05) is 31.0 Å². The van der Waals surface area contributed by atoms with Crippen LogP contribution in [0, 0.1) is 23.7 Å². The number of fused-ring (bicyclic) bond motifs is 4. The molecule has 3 heterocycles. The van der Waals surface area contributed by atoms with Gasteiger partial charge in [0.2, 0.25) is 5.91 Å². The fourth-order valence-corrected chi connectivity index (χ4v) is 10.7. The number of nitrogens with zero attached hydrogens (tertiary/aromatic N) is 2. The van der Waals surface area contributed by atoms with Gasteiger partial charge in [-0.3, -0.25) is 14.3 Å². The molecule has 8 nitrogen and oxygen atoms in total. The lowest BCUT2D eigenvalue weighted by atomic mass is 9.64. The second-order valence-corrected chi connectivity index (χ2v) is 17.9. The van der Waals surface area contributed by atoms with Gasteiger partial charge in [-0.05, 0) is 117 Å². The molecule has 1 saturated carbocycles. The predicted octanol–water partition coefficient (Wildman–Crippen LogP) is 5.88. The summed E-state index contributed by atoms with van der Waals surface area (Å²) in [7, 11) is -2.94. The first-order valence-electron chi connectivity index (χ1n) is 17.9. The van der Waals surface area contributed by atoms with E-state index in [1.807, 2.05) is 30.0 Å². The van der Waals surface area contributed by atoms with Crippen LogP contribution in [0.25, 0.3) is 0 Å². The van der Waals surface area contributed by atoms with E-state index in [1.54, 1.807) is 6.07 Å². The third-order valence-corrected chi connectivity index (χ3v) is 14.7. The Morgan fingerprint density at radius 3 is 2.65 bits per heavy atom. The van der Waals surface area contributed by atoms with Crippen molar-refractivity contribution in [2.45, 2.75) is 75.9 Å². The van der Waals surface area contributed by atoms with E-state index < -0.39 is 9.71 Å². The zero-order chi connectivity index (χ0) is 33.6. The number of ether oxygens (including phenoxy) is 2. The van der Waals surface area contributed by atoms with Crippen LogP contribution in [0.4, 0.5) is 5.69 Å². The first-order chi connectivity index (χ1) is 23.0. The number of halogens is 1. The van der Waals surface area contributed by atoms with Crippen molar-refractivity contribution in [3.63, 3.8) is 0 Å². The Morgan fingerprint density at radius 1 is 1.06 bits per heavy atom. The Hall–Kier alpha value is -2.75. The maximum atomic E-state index is 14.2. The van der Waals surface area contributed by atoms with Crippen LogP contribution < -0.4 is 14.4 Å². The van der Waals surface area contributed by atoms with E-state index in [-0.39, 0.29) is 40.2 Å². The number of hydrogen-bond acceptors (Lipinski definition) is 6. The van der Waals surface area contributed by atoms with Gasteiger partial charge >= 0.3 is 0 Å². The second kappa shape index (κ2) is 13.5. The normalized spacial score (nSPS) is 34.1. The SMILES string of the molecule is C=S1(=O)NC(=O)c2ccc3c(c2)N(C[C@@H]2CC[C@H]2[C@@H](C(=O)N2CCOCC2)CCC[C@H](C)[C@H]1C)C[C@@]1(CCCc2cc(Cl)ccc21)CO3. The van der Waals surface area contributed by atoms with E-state index in [1.165, 1.54) is 11.1 Å². The lowest BCUT2D eigenvalue weighted by molar-refractivity contribution is -0.144. The number of aryl methyl sites for hydroxylation is 1. The molecule has 0 aromatic heterocycles. The molecule has 2 bridgehead atoms. The first kappa shape index (κ1) is 33.7. The van der Waals surface area contributed by atoms with Crippen LogP contribution in [-0.4, -0.2) is 78.0 Å². The van der Waals surface area contributed by atoms with Crippen molar-refractivity contribution >= 4 is 44.7 Å². The molecule has 1 unspecified atom stereocenters. The molecule has 2 amide bonds. The average Bonchev–Trinajstić information content (AvgIpc) is 3.21. The summed E-state index contributed by atoms with van der Waals surface area (Å²) in [5.74, 6) is 5.31. The molecule has 48 heavy (non-hydrogen) atoms. The molecule has 7 atom stereocenters. The van der Waals surface area contributed by atoms with Crippen LogP contribution in [0.1, 0.15) is 80.3 Å². The lowest BCUT2D eigenvalue weighted by Gasteiger charge is -2.47. The molecule has 7 rings (SSSR count). The number of carbonyl (C=O) groups excluding carboxylic acids is 2. The molecule has 1 saturated heterocycles. The minimum absolute atomic E-state index is 0.0541. The van der Waals surface area contributed by atoms with E-state index in [4.69, 9.17) is 21.1 Å². The highest BCUT2D eigenvalue weighted by Gasteiger charge is 2.46. The van der Waals surface area contributed by atoms with Gasteiger partial charge in [0.15, 0.2) is 0 Å². The van der Waals surface area contributed by atoms with E-state index >= 15 is 0 Å². The zero-order valence-corrected chi connectivity index (χ0v) is 30.0. The lowest BCUT2D eigenvalue weighted by Crippen LogP contribution is -2.51. The van der Waals surface area contributed by atoms with Crippen molar-refractivity contribution < 1.29 is 23.3 Å². The summed E-state index contributed by atoms with van der Waals surface area (Å²) in [5.41, 5.74) is 3.66. The largest absolute Gasteiger partial charge is 0.490 e. The van der Waals surface area contributed by atoms with Crippen molar-refractivity contribution in [2.75, 3.05) is 50.9 Å². The van der Waals surface area contributed by atoms with Crippen molar-refractivity contribution in [3.05, 3.63) is 58.1 Å². The van der Waals surface area contributed by atoms with Gasteiger partial charge in [0.1, 0.15) is 5.75 Å². The van der Waals surface area contributed by atoms with Crippen molar-refractivity contribution in [1.29, 1.82) is 0 Å². The molecule has 1 N–H and O–H groups in total. The Kier molecular flexibility index (Phi) is 9.50. The Bertz CT molecular complexity index is 1660. The summed E-state index contributed by atoms with van der Waals surface area (Å²) >= 11 is 6.47. The van der Waals surface area contributed by atoms with E-state index in [2.05, 4.69) is 34.5 Å². The first-order valence-corrected chi connectivity index (χ1v) is 20.1. The van der Waals surface area contributed by atoms with Crippen LogP contribution in [-0.2, 0) is 31.1 Å². The van der Waals surface area contributed by atoms with Gasteiger partial charge in [-0.25, -0.2) is 4.21 Å². The molecular weight excluding hydrogens is 646 g/mol. The molecule has 1 spiro atoms. The van der Waals surface area contributed by atoms with Gasteiger partial charge in [0, 0.05) is 53.3 Å². The van der Waals surface area contributed by atoms with Crippen LogP contribution >= 0.6 is 11.6 Å². The summed E-state index contributed by atoms with van der Waals surface area (Å²) in [6.07, 6.45) is 7.63. The number of anilines is 1. The summed E-state index contributed by atoms with van der Waals surface area (Å²) in [6.45, 7) is 8.53. The number of nitrogens with one attached hydrogen (secondary N) is 1. The van der Waals surface area contributed by atoms with Crippen LogP contribution in [0.2, 0.25) is 5.02 Å². The number of carbonyl (C=O) groups is 2. The summed E-state index contributed by atoms with van der Waals surface area (Å²) < 4.78 is 29.0. The number of morpholine rings is 1. The molecule has 2 aromatic carbocycles. The number of rotatable bonds is 1. The maximum Gasteiger partial charge on any atom is 0.262 e. The molecule has 2 fully saturated rings.